The van der Waals surface area contributed by atoms with Gasteiger partial charge in [0.05, 0.1) is 25.6 Å². The Hall–Kier alpha value is -1.76. The second-order valence-electron chi connectivity index (χ2n) is 4.24. The van der Waals surface area contributed by atoms with Crippen molar-refractivity contribution in [3.63, 3.8) is 0 Å². The van der Waals surface area contributed by atoms with Gasteiger partial charge in [0.2, 0.25) is 15.9 Å². The van der Waals surface area contributed by atoms with E-state index in [4.69, 9.17) is 4.74 Å². The molecule has 0 spiro atoms. The number of carbonyl (C=O) groups is 1. The molecule has 0 heterocycles. The van der Waals surface area contributed by atoms with Crippen LogP contribution in [0.15, 0.2) is 24.3 Å². The maximum atomic E-state index is 11.8. The number of hydrogen-bond acceptors (Lipinski definition) is 4. The number of carbonyl (C=O) groups excluding carboxylic acids is 1. The van der Waals surface area contributed by atoms with Crippen LogP contribution in [0, 0.1) is 0 Å². The van der Waals surface area contributed by atoms with E-state index in [9.17, 15) is 13.2 Å². The van der Waals surface area contributed by atoms with Crippen LogP contribution in [0.2, 0.25) is 0 Å². The summed E-state index contributed by atoms with van der Waals surface area (Å²) < 4.78 is 30.0. The van der Waals surface area contributed by atoms with Crippen LogP contribution < -0.4 is 14.4 Å². The second kappa shape index (κ2) is 7.14. The number of benzene rings is 1. The van der Waals surface area contributed by atoms with Crippen LogP contribution in [0.5, 0.6) is 5.75 Å². The molecule has 0 aliphatic heterocycles. The fourth-order valence-electron chi connectivity index (χ4n) is 1.67. The molecule has 0 aromatic heterocycles. The van der Waals surface area contributed by atoms with Gasteiger partial charge in [-0.15, -0.1) is 0 Å². The highest BCUT2D eigenvalue weighted by Gasteiger charge is 2.17. The number of anilines is 1. The fraction of sp³-hybridized carbons (Fsp3) is 0.462. The van der Waals surface area contributed by atoms with Crippen LogP contribution in [-0.4, -0.2) is 40.8 Å². The smallest absolute Gasteiger partial charge is 0.232 e. The van der Waals surface area contributed by atoms with E-state index < -0.39 is 10.0 Å². The topological polar surface area (TPSA) is 75.7 Å². The standard InChI is InChI=1S/C13H20N2O4S/c1-4-13(16)14-8-9-15(20(3,17)18)11-6-5-7-12(10-11)19-2/h5-7,10H,4,8-9H2,1-3H3,(H,14,16). The largest absolute Gasteiger partial charge is 0.497 e. The number of amides is 1. The lowest BCUT2D eigenvalue weighted by Crippen LogP contribution is -2.38. The van der Waals surface area contributed by atoms with Crippen molar-refractivity contribution in [3.05, 3.63) is 24.3 Å². The van der Waals surface area contributed by atoms with Gasteiger partial charge in [0.1, 0.15) is 5.75 Å². The molecule has 1 amide bonds. The third-order valence-electron chi connectivity index (χ3n) is 2.70. The monoisotopic (exact) mass is 300 g/mol. The van der Waals surface area contributed by atoms with Gasteiger partial charge in [-0.1, -0.05) is 13.0 Å². The van der Waals surface area contributed by atoms with Gasteiger partial charge >= 0.3 is 0 Å². The van der Waals surface area contributed by atoms with Gasteiger partial charge in [-0.25, -0.2) is 8.42 Å². The van der Waals surface area contributed by atoms with E-state index in [-0.39, 0.29) is 19.0 Å². The van der Waals surface area contributed by atoms with Gasteiger partial charge in [-0.3, -0.25) is 9.10 Å². The van der Waals surface area contributed by atoms with Crippen molar-refractivity contribution < 1.29 is 17.9 Å². The van der Waals surface area contributed by atoms with Gasteiger partial charge < -0.3 is 10.1 Å². The summed E-state index contributed by atoms with van der Waals surface area (Å²) in [6, 6.07) is 6.79. The van der Waals surface area contributed by atoms with Crippen LogP contribution in [-0.2, 0) is 14.8 Å². The first-order valence-corrected chi connectivity index (χ1v) is 8.11. The van der Waals surface area contributed by atoms with Gasteiger partial charge in [0.15, 0.2) is 0 Å². The Labute approximate surface area is 119 Å². The molecule has 0 bridgehead atoms. The average molecular weight is 300 g/mol. The third kappa shape index (κ3) is 4.73. The molecule has 1 rings (SSSR count). The fourth-order valence-corrected chi connectivity index (χ4v) is 2.59. The molecule has 0 unspecified atom stereocenters. The first kappa shape index (κ1) is 16.3. The van der Waals surface area contributed by atoms with Crippen molar-refractivity contribution in [1.82, 2.24) is 5.32 Å². The molecule has 112 valence electrons. The lowest BCUT2D eigenvalue weighted by Gasteiger charge is -2.23. The van der Waals surface area contributed by atoms with Crippen molar-refractivity contribution in [2.75, 3.05) is 30.8 Å². The van der Waals surface area contributed by atoms with Crippen LogP contribution in [0.1, 0.15) is 13.3 Å². The normalized spacial score (nSPS) is 10.9. The van der Waals surface area contributed by atoms with E-state index in [0.717, 1.165) is 6.26 Å². The molecule has 0 saturated heterocycles. The van der Waals surface area contributed by atoms with Crippen LogP contribution in [0.4, 0.5) is 5.69 Å². The Morgan fingerprint density at radius 2 is 2.10 bits per heavy atom. The number of ether oxygens (including phenoxy) is 1. The first-order valence-electron chi connectivity index (χ1n) is 6.27. The predicted molar refractivity (Wildman–Crippen MR) is 78.5 cm³/mol. The molecular formula is C13H20N2O4S. The van der Waals surface area contributed by atoms with Gasteiger partial charge in [0.25, 0.3) is 0 Å². The zero-order valence-electron chi connectivity index (χ0n) is 11.9. The summed E-state index contributed by atoms with van der Waals surface area (Å²) in [5.74, 6) is 0.470. The number of methoxy groups -OCH3 is 1. The van der Waals surface area contributed by atoms with Crippen LogP contribution in [0.25, 0.3) is 0 Å². The third-order valence-corrected chi connectivity index (χ3v) is 3.89. The van der Waals surface area contributed by atoms with E-state index in [1.165, 1.54) is 11.4 Å². The molecule has 1 N–H and O–H groups in total. The molecular weight excluding hydrogens is 280 g/mol. The van der Waals surface area contributed by atoms with E-state index in [2.05, 4.69) is 5.32 Å². The zero-order chi connectivity index (χ0) is 15.2. The molecule has 0 saturated carbocycles. The van der Waals surface area contributed by atoms with Crippen LogP contribution >= 0.6 is 0 Å². The molecule has 0 aliphatic rings. The van der Waals surface area contributed by atoms with Crippen molar-refractivity contribution in [2.45, 2.75) is 13.3 Å². The minimum absolute atomic E-state index is 0.107. The quantitative estimate of drug-likeness (QED) is 0.814. The maximum absolute atomic E-state index is 11.8. The summed E-state index contributed by atoms with van der Waals surface area (Å²) in [5, 5.41) is 2.66. The highest BCUT2D eigenvalue weighted by molar-refractivity contribution is 7.92. The summed E-state index contributed by atoms with van der Waals surface area (Å²) in [6.45, 7) is 2.18. The van der Waals surface area contributed by atoms with E-state index >= 15 is 0 Å². The highest BCUT2D eigenvalue weighted by Crippen LogP contribution is 2.22. The zero-order valence-corrected chi connectivity index (χ0v) is 12.7. The molecule has 0 radical (unpaired) electrons. The molecule has 7 heteroatoms. The van der Waals surface area contributed by atoms with Gasteiger partial charge in [0, 0.05) is 19.0 Å². The Balaban J connectivity index is 2.87. The molecule has 1 aromatic rings. The van der Waals surface area contributed by atoms with Gasteiger partial charge in [-0.2, -0.15) is 0 Å². The Bertz CT molecular complexity index is 557. The highest BCUT2D eigenvalue weighted by atomic mass is 32.2. The molecule has 20 heavy (non-hydrogen) atoms. The molecule has 1 aromatic carbocycles. The lowest BCUT2D eigenvalue weighted by atomic mass is 10.3. The predicted octanol–water partition coefficient (Wildman–Crippen LogP) is 0.987. The maximum Gasteiger partial charge on any atom is 0.232 e. The Morgan fingerprint density at radius 3 is 2.65 bits per heavy atom. The van der Waals surface area contributed by atoms with E-state index in [0.29, 0.717) is 17.9 Å². The second-order valence-corrected chi connectivity index (χ2v) is 6.15. The van der Waals surface area contributed by atoms with Crippen LogP contribution in [0.3, 0.4) is 0 Å². The van der Waals surface area contributed by atoms with Crippen molar-refractivity contribution in [1.29, 1.82) is 0 Å². The molecule has 0 fully saturated rings. The molecule has 6 nitrogen and oxygen atoms in total. The molecule has 0 atom stereocenters. The first-order chi connectivity index (χ1) is 9.38. The summed E-state index contributed by atoms with van der Waals surface area (Å²) in [5.41, 5.74) is 0.512. The Kier molecular flexibility index (Phi) is 5.82. The number of hydrogen-bond donors (Lipinski definition) is 1. The minimum Gasteiger partial charge on any atom is -0.497 e. The number of nitrogens with one attached hydrogen (secondary N) is 1. The van der Waals surface area contributed by atoms with E-state index in [1.807, 2.05) is 0 Å². The lowest BCUT2D eigenvalue weighted by molar-refractivity contribution is -0.120. The van der Waals surface area contributed by atoms with E-state index in [1.54, 1.807) is 31.2 Å². The summed E-state index contributed by atoms with van der Waals surface area (Å²) in [6.07, 6.45) is 1.51. The Morgan fingerprint density at radius 1 is 1.40 bits per heavy atom. The number of rotatable bonds is 7. The van der Waals surface area contributed by atoms with Crippen molar-refractivity contribution >= 4 is 21.6 Å². The minimum atomic E-state index is -3.42. The van der Waals surface area contributed by atoms with Gasteiger partial charge in [-0.05, 0) is 12.1 Å². The molecule has 0 aliphatic carbocycles. The number of sulfonamides is 1. The van der Waals surface area contributed by atoms with Crippen molar-refractivity contribution in [3.8, 4) is 5.75 Å². The summed E-state index contributed by atoms with van der Waals surface area (Å²) in [7, 11) is -1.90. The SMILES string of the molecule is CCC(=O)NCCN(c1cccc(OC)c1)S(C)(=O)=O. The summed E-state index contributed by atoms with van der Waals surface area (Å²) >= 11 is 0. The average Bonchev–Trinajstić information content (AvgIpc) is 2.41. The summed E-state index contributed by atoms with van der Waals surface area (Å²) in [4.78, 5) is 11.2. The van der Waals surface area contributed by atoms with Crippen molar-refractivity contribution in [2.24, 2.45) is 0 Å². The number of nitrogens with zero attached hydrogens (tertiary/aromatic N) is 1.